The zero-order chi connectivity index (χ0) is 19.7. The Labute approximate surface area is 162 Å². The number of hydrogen-bond acceptors (Lipinski definition) is 7. The highest BCUT2D eigenvalue weighted by Crippen LogP contribution is 2.44. The lowest BCUT2D eigenvalue weighted by Crippen LogP contribution is -2.54. The van der Waals surface area contributed by atoms with Gasteiger partial charge < -0.3 is 19.4 Å². The van der Waals surface area contributed by atoms with Gasteiger partial charge in [0, 0.05) is 45.0 Å². The Hall–Kier alpha value is -2.81. The summed E-state index contributed by atoms with van der Waals surface area (Å²) in [4.78, 5) is 37.4. The molecule has 2 amide bonds. The first-order valence-corrected chi connectivity index (χ1v) is 9.42. The average molecular weight is 385 g/mol. The second-order valence-electron chi connectivity index (χ2n) is 7.50. The minimum atomic E-state index is -0.595. The van der Waals surface area contributed by atoms with Crippen LogP contribution < -0.4 is 0 Å². The molecule has 9 heteroatoms. The predicted molar refractivity (Wildman–Crippen MR) is 97.2 cm³/mol. The molecule has 0 saturated carbocycles. The van der Waals surface area contributed by atoms with E-state index in [1.807, 2.05) is 0 Å². The van der Waals surface area contributed by atoms with E-state index in [-0.39, 0.29) is 30.8 Å². The van der Waals surface area contributed by atoms with Gasteiger partial charge in [-0.3, -0.25) is 14.6 Å². The molecular formula is C19H23N5O4. The third kappa shape index (κ3) is 3.15. The number of aliphatic hydroxyl groups excluding tert-OH is 1. The third-order valence-electron chi connectivity index (χ3n) is 5.74. The second-order valence-corrected chi connectivity index (χ2v) is 7.50. The van der Waals surface area contributed by atoms with Gasteiger partial charge in [0.1, 0.15) is 0 Å². The summed E-state index contributed by atoms with van der Waals surface area (Å²) in [5, 5.41) is 13.1. The fraction of sp³-hybridized carbons (Fsp3) is 0.526. The molecule has 0 spiro atoms. The number of rotatable bonds is 4. The molecule has 1 N–H and O–H groups in total. The number of amides is 2. The smallest absolute Gasteiger partial charge is 0.255 e. The second kappa shape index (κ2) is 7.31. The molecule has 4 heterocycles. The highest BCUT2D eigenvalue weighted by atomic mass is 16.5. The summed E-state index contributed by atoms with van der Waals surface area (Å²) in [5.74, 6) is 0.919. The van der Waals surface area contributed by atoms with E-state index in [0.717, 1.165) is 6.42 Å². The van der Waals surface area contributed by atoms with Crippen LogP contribution in [-0.2, 0) is 10.2 Å². The first-order chi connectivity index (χ1) is 13.5. The number of likely N-dealkylation sites (tertiary alicyclic amines) is 2. The van der Waals surface area contributed by atoms with E-state index in [0.29, 0.717) is 43.5 Å². The highest BCUT2D eigenvalue weighted by Gasteiger charge is 2.56. The van der Waals surface area contributed by atoms with Crippen LogP contribution in [0, 0.1) is 12.8 Å². The Bertz CT molecular complexity index is 870. The Balaban J connectivity index is 1.65. The molecule has 0 unspecified atom stereocenters. The molecule has 4 rings (SSSR count). The molecule has 0 bridgehead atoms. The Morgan fingerprint density at radius 3 is 2.86 bits per heavy atom. The van der Waals surface area contributed by atoms with Crippen molar-refractivity contribution in [1.82, 2.24) is 24.9 Å². The molecule has 9 nitrogen and oxygen atoms in total. The van der Waals surface area contributed by atoms with Gasteiger partial charge in [0.2, 0.25) is 11.8 Å². The SMILES string of the molecule is Cc1noc([C@]23CN(C(=O)CCO)CC[C@H]2CN(C(=O)c2cccnc2)C3)n1. The van der Waals surface area contributed by atoms with Gasteiger partial charge in [-0.15, -0.1) is 0 Å². The lowest BCUT2D eigenvalue weighted by molar-refractivity contribution is -0.135. The largest absolute Gasteiger partial charge is 0.396 e. The number of piperidine rings is 1. The maximum atomic E-state index is 13.0. The fourth-order valence-electron chi connectivity index (χ4n) is 4.36. The van der Waals surface area contributed by atoms with Crippen molar-refractivity contribution in [3.05, 3.63) is 41.8 Å². The van der Waals surface area contributed by atoms with Gasteiger partial charge in [-0.1, -0.05) is 5.16 Å². The summed E-state index contributed by atoms with van der Waals surface area (Å²) in [5.41, 5.74) is -0.0612. The Morgan fingerprint density at radius 1 is 1.36 bits per heavy atom. The molecule has 2 aromatic rings. The van der Waals surface area contributed by atoms with Crippen LogP contribution in [0.3, 0.4) is 0 Å². The topological polar surface area (TPSA) is 113 Å². The number of carbonyl (C=O) groups is 2. The van der Waals surface area contributed by atoms with Gasteiger partial charge in [0.05, 0.1) is 17.6 Å². The van der Waals surface area contributed by atoms with Crippen LogP contribution in [0.15, 0.2) is 29.0 Å². The molecule has 2 atom stereocenters. The van der Waals surface area contributed by atoms with E-state index in [9.17, 15) is 9.59 Å². The minimum Gasteiger partial charge on any atom is -0.396 e. The van der Waals surface area contributed by atoms with E-state index >= 15 is 0 Å². The lowest BCUT2D eigenvalue weighted by Gasteiger charge is -2.41. The van der Waals surface area contributed by atoms with Gasteiger partial charge in [0.25, 0.3) is 5.91 Å². The number of nitrogens with zero attached hydrogens (tertiary/aromatic N) is 5. The summed E-state index contributed by atoms with van der Waals surface area (Å²) >= 11 is 0. The average Bonchev–Trinajstić information content (AvgIpc) is 3.32. The Morgan fingerprint density at radius 2 is 2.18 bits per heavy atom. The van der Waals surface area contributed by atoms with Crippen molar-refractivity contribution in [3.63, 3.8) is 0 Å². The number of aromatic nitrogens is 3. The highest BCUT2D eigenvalue weighted by molar-refractivity contribution is 5.94. The maximum absolute atomic E-state index is 13.0. The molecule has 28 heavy (non-hydrogen) atoms. The molecule has 2 fully saturated rings. The predicted octanol–water partition coefficient (Wildman–Crippen LogP) is 0.398. The molecule has 2 saturated heterocycles. The van der Waals surface area contributed by atoms with Crippen LogP contribution >= 0.6 is 0 Å². The van der Waals surface area contributed by atoms with Gasteiger partial charge in [-0.25, -0.2) is 0 Å². The van der Waals surface area contributed by atoms with Crippen molar-refractivity contribution in [1.29, 1.82) is 0 Å². The fourth-order valence-corrected chi connectivity index (χ4v) is 4.36. The maximum Gasteiger partial charge on any atom is 0.255 e. The first kappa shape index (κ1) is 18.5. The van der Waals surface area contributed by atoms with Gasteiger partial charge in [-0.2, -0.15) is 4.98 Å². The molecule has 2 aromatic heterocycles. The van der Waals surface area contributed by atoms with E-state index in [2.05, 4.69) is 15.1 Å². The van der Waals surface area contributed by atoms with Crippen molar-refractivity contribution in [3.8, 4) is 0 Å². The summed E-state index contributed by atoms with van der Waals surface area (Å²) < 4.78 is 5.53. The lowest BCUT2D eigenvalue weighted by atomic mass is 9.73. The summed E-state index contributed by atoms with van der Waals surface area (Å²) in [6.45, 7) is 3.52. The first-order valence-electron chi connectivity index (χ1n) is 9.42. The van der Waals surface area contributed by atoms with E-state index in [1.165, 1.54) is 0 Å². The number of aryl methyl sites for hydroxylation is 1. The molecular weight excluding hydrogens is 362 g/mol. The van der Waals surface area contributed by atoms with Crippen LogP contribution in [0.4, 0.5) is 0 Å². The van der Waals surface area contributed by atoms with Crippen molar-refractivity contribution in [2.45, 2.75) is 25.2 Å². The third-order valence-corrected chi connectivity index (χ3v) is 5.74. The summed E-state index contributed by atoms with van der Waals surface area (Å²) in [7, 11) is 0. The van der Waals surface area contributed by atoms with Crippen LogP contribution in [0.1, 0.15) is 34.9 Å². The molecule has 148 valence electrons. The zero-order valence-corrected chi connectivity index (χ0v) is 15.7. The number of aliphatic hydroxyl groups is 1. The Kier molecular flexibility index (Phi) is 4.84. The quantitative estimate of drug-likeness (QED) is 0.810. The van der Waals surface area contributed by atoms with Crippen molar-refractivity contribution in [2.24, 2.45) is 5.92 Å². The van der Waals surface area contributed by atoms with E-state index < -0.39 is 5.41 Å². The van der Waals surface area contributed by atoms with Crippen molar-refractivity contribution in [2.75, 3.05) is 32.8 Å². The zero-order valence-electron chi connectivity index (χ0n) is 15.7. The summed E-state index contributed by atoms with van der Waals surface area (Å²) in [6.07, 6.45) is 4.01. The number of fused-ring (bicyclic) bond motifs is 1. The normalized spacial score (nSPS) is 24.3. The molecule has 2 aliphatic heterocycles. The molecule has 0 aromatic carbocycles. The minimum absolute atomic E-state index is 0.0853. The number of hydrogen-bond donors (Lipinski definition) is 1. The van der Waals surface area contributed by atoms with Gasteiger partial charge in [0.15, 0.2) is 5.82 Å². The molecule has 2 aliphatic rings. The van der Waals surface area contributed by atoms with Gasteiger partial charge in [-0.05, 0) is 31.4 Å². The number of carbonyl (C=O) groups excluding carboxylic acids is 2. The van der Waals surface area contributed by atoms with Crippen LogP contribution in [0.5, 0.6) is 0 Å². The summed E-state index contributed by atoms with van der Waals surface area (Å²) in [6, 6.07) is 3.49. The van der Waals surface area contributed by atoms with Crippen LogP contribution in [0.25, 0.3) is 0 Å². The van der Waals surface area contributed by atoms with Gasteiger partial charge >= 0.3 is 0 Å². The molecule has 0 aliphatic carbocycles. The van der Waals surface area contributed by atoms with E-state index in [1.54, 1.807) is 41.2 Å². The van der Waals surface area contributed by atoms with Crippen molar-refractivity contribution >= 4 is 11.8 Å². The van der Waals surface area contributed by atoms with E-state index in [4.69, 9.17) is 9.63 Å². The monoisotopic (exact) mass is 385 g/mol. The van der Waals surface area contributed by atoms with Crippen molar-refractivity contribution < 1.29 is 19.2 Å². The van der Waals surface area contributed by atoms with Crippen LogP contribution in [-0.4, -0.2) is 74.6 Å². The van der Waals surface area contributed by atoms with Crippen LogP contribution in [0.2, 0.25) is 0 Å². The molecule has 0 radical (unpaired) electrons. The number of pyridine rings is 1. The standard InChI is InChI=1S/C19H23N5O4/c1-13-21-18(28-22-13)19-11-23(16(26)5-8-25)7-4-15(19)10-24(12-19)17(27)14-3-2-6-20-9-14/h2-3,6,9,15,25H,4-5,7-8,10-12H2,1H3/t15-,19-/m0/s1.